The molecule has 1 heterocycles. The Hall–Kier alpha value is -2.34. The van der Waals surface area contributed by atoms with E-state index in [1.54, 1.807) is 0 Å². The number of benzene rings is 2. The molecule has 189 valence electrons. The van der Waals surface area contributed by atoms with Crippen molar-refractivity contribution in [3.05, 3.63) is 82.7 Å². The van der Waals surface area contributed by atoms with E-state index in [9.17, 15) is 0 Å². The summed E-state index contributed by atoms with van der Waals surface area (Å²) in [6, 6.07) is 13.6. The maximum Gasteiger partial charge on any atom is 0.420 e. The molecule has 5 heteroatoms. The van der Waals surface area contributed by atoms with Crippen molar-refractivity contribution in [2.45, 2.75) is 86.0 Å². The van der Waals surface area contributed by atoms with Crippen LogP contribution in [0.5, 0.6) is 0 Å². The summed E-state index contributed by atoms with van der Waals surface area (Å²) in [6.07, 6.45) is 2.26. The van der Waals surface area contributed by atoms with Crippen LogP contribution in [0.3, 0.4) is 0 Å². The summed E-state index contributed by atoms with van der Waals surface area (Å²) in [5, 5.41) is 3.71. The number of nitrogens with zero attached hydrogens (tertiary/aromatic N) is 2. The third kappa shape index (κ3) is 5.27. The van der Waals surface area contributed by atoms with E-state index in [0.29, 0.717) is 23.7 Å². The molecule has 0 spiro atoms. The van der Waals surface area contributed by atoms with Gasteiger partial charge in [0.05, 0.1) is 0 Å². The second-order valence-electron chi connectivity index (χ2n) is 10.8. The van der Waals surface area contributed by atoms with Gasteiger partial charge in [-0.3, -0.25) is 5.43 Å². The molecule has 1 radical (unpaired) electrons. The molecular weight excluding hydrogens is 444 g/mol. The lowest BCUT2D eigenvalue weighted by Crippen LogP contribution is -2.66. The average molecular weight is 490 g/mol. The number of rotatable bonds is 8. The number of hydrogen-bond acceptors (Lipinski definition) is 4. The minimum atomic E-state index is -1.56. The van der Waals surface area contributed by atoms with Crippen molar-refractivity contribution in [2.75, 3.05) is 16.2 Å². The standard InChI is InChI=1S/C30H45N4Si/c1-19(2)25-14-12-15-26(20(3)4)29(25)33-23(9)18-24(10)34(35(33)32-31-11)30-27(21(5)6)16-13-17-28(30)22(7)8/h12-22,31-32H,9H2,1-8,10-11H3. The first-order valence-corrected chi connectivity index (χ1v) is 14.4. The highest BCUT2D eigenvalue weighted by molar-refractivity contribution is 6.67. The van der Waals surface area contributed by atoms with Crippen LogP contribution >= 0.6 is 0 Å². The van der Waals surface area contributed by atoms with Crippen molar-refractivity contribution in [2.24, 2.45) is 0 Å². The molecule has 0 unspecified atom stereocenters. The van der Waals surface area contributed by atoms with E-state index in [-0.39, 0.29) is 0 Å². The Labute approximate surface area is 215 Å². The molecule has 3 rings (SSSR count). The van der Waals surface area contributed by atoms with Crippen molar-refractivity contribution in [1.29, 1.82) is 0 Å². The first kappa shape index (κ1) is 27.2. The van der Waals surface area contributed by atoms with Gasteiger partial charge in [0.25, 0.3) is 0 Å². The van der Waals surface area contributed by atoms with E-state index in [1.165, 1.54) is 39.3 Å². The maximum atomic E-state index is 4.58. The van der Waals surface area contributed by atoms with Crippen LogP contribution in [0, 0.1) is 0 Å². The zero-order valence-corrected chi connectivity index (χ0v) is 24.5. The van der Waals surface area contributed by atoms with Crippen molar-refractivity contribution in [3.63, 3.8) is 0 Å². The van der Waals surface area contributed by atoms with Crippen LogP contribution in [0.2, 0.25) is 0 Å². The molecule has 0 aromatic heterocycles. The summed E-state index contributed by atoms with van der Waals surface area (Å²) in [4.78, 5) is 0. The van der Waals surface area contributed by atoms with Gasteiger partial charge in [0.1, 0.15) is 0 Å². The monoisotopic (exact) mass is 489 g/mol. The molecule has 0 saturated carbocycles. The normalized spacial score (nSPS) is 15.3. The van der Waals surface area contributed by atoms with E-state index in [2.05, 4.69) is 131 Å². The van der Waals surface area contributed by atoms with E-state index in [4.69, 9.17) is 0 Å². The quantitative estimate of drug-likeness (QED) is 0.295. The highest BCUT2D eigenvalue weighted by Crippen LogP contribution is 2.43. The predicted molar refractivity (Wildman–Crippen MR) is 155 cm³/mol. The molecule has 0 saturated heterocycles. The van der Waals surface area contributed by atoms with Crippen LogP contribution in [0.4, 0.5) is 11.4 Å². The van der Waals surface area contributed by atoms with Crippen LogP contribution < -0.4 is 19.6 Å². The van der Waals surface area contributed by atoms with Gasteiger partial charge in [-0.15, -0.1) is 0 Å². The highest BCUT2D eigenvalue weighted by atomic mass is 28.3. The van der Waals surface area contributed by atoms with Crippen LogP contribution in [0.25, 0.3) is 0 Å². The molecule has 0 bridgehead atoms. The SMILES string of the molecule is C=C1C=C(C)N(c2c(C(C)C)cccc2C(C)C)[Si](NNC)N1c1c(C(C)C)cccc1C(C)C. The van der Waals surface area contributed by atoms with Gasteiger partial charge in [-0.25, -0.2) is 5.09 Å². The Morgan fingerprint density at radius 2 is 1.06 bits per heavy atom. The Kier molecular flexibility index (Phi) is 8.68. The molecule has 4 nitrogen and oxygen atoms in total. The predicted octanol–water partition coefficient (Wildman–Crippen LogP) is 7.63. The largest absolute Gasteiger partial charge is 0.420 e. The minimum absolute atomic E-state index is 0.406. The Bertz CT molecular complexity index is 1030. The van der Waals surface area contributed by atoms with Crippen LogP contribution in [-0.4, -0.2) is 16.3 Å². The lowest BCUT2D eigenvalue weighted by atomic mass is 9.92. The first-order valence-electron chi connectivity index (χ1n) is 13.0. The van der Waals surface area contributed by atoms with E-state index in [0.717, 1.165) is 5.70 Å². The fourth-order valence-corrected chi connectivity index (χ4v) is 7.39. The fourth-order valence-electron chi connectivity index (χ4n) is 5.07. The van der Waals surface area contributed by atoms with Gasteiger partial charge in [0.2, 0.25) is 0 Å². The fraction of sp³-hybridized carbons (Fsp3) is 0.467. The maximum absolute atomic E-state index is 4.58. The molecular formula is C30H45N4Si. The van der Waals surface area contributed by atoms with Gasteiger partial charge in [0.15, 0.2) is 0 Å². The second kappa shape index (κ2) is 11.1. The molecule has 0 amide bonds. The zero-order chi connectivity index (χ0) is 26.0. The first-order chi connectivity index (χ1) is 16.5. The Balaban J connectivity index is 2.37. The summed E-state index contributed by atoms with van der Waals surface area (Å²) >= 11 is 0. The van der Waals surface area contributed by atoms with Gasteiger partial charge in [-0.1, -0.05) is 98.4 Å². The molecule has 35 heavy (non-hydrogen) atoms. The lowest BCUT2D eigenvalue weighted by Gasteiger charge is -2.47. The third-order valence-corrected chi connectivity index (χ3v) is 9.22. The van der Waals surface area contributed by atoms with Crippen LogP contribution in [0.15, 0.2) is 60.4 Å². The van der Waals surface area contributed by atoms with Gasteiger partial charge in [-0.2, -0.15) is 0 Å². The number of hydrazine groups is 1. The van der Waals surface area contributed by atoms with Gasteiger partial charge >= 0.3 is 9.28 Å². The van der Waals surface area contributed by atoms with Crippen LogP contribution in [0.1, 0.15) is 108 Å². The lowest BCUT2D eigenvalue weighted by molar-refractivity contribution is 0.755. The smallest absolute Gasteiger partial charge is 0.339 e. The molecule has 0 atom stereocenters. The third-order valence-electron chi connectivity index (χ3n) is 6.81. The summed E-state index contributed by atoms with van der Waals surface area (Å²) in [7, 11) is 0.412. The molecule has 2 aromatic carbocycles. The average Bonchev–Trinajstić information content (AvgIpc) is 2.78. The Morgan fingerprint density at radius 3 is 1.40 bits per heavy atom. The van der Waals surface area contributed by atoms with Crippen molar-refractivity contribution < 1.29 is 0 Å². The Morgan fingerprint density at radius 1 is 0.686 bits per heavy atom. The van der Waals surface area contributed by atoms with Crippen LogP contribution in [-0.2, 0) is 0 Å². The topological polar surface area (TPSA) is 30.5 Å². The molecule has 2 aromatic rings. The van der Waals surface area contributed by atoms with Gasteiger partial charge in [-0.05, 0) is 66.0 Å². The molecule has 0 aliphatic carbocycles. The van der Waals surface area contributed by atoms with Gasteiger partial charge in [0, 0.05) is 22.8 Å². The molecule has 1 aliphatic rings. The number of hydrogen-bond donors (Lipinski definition) is 2. The number of anilines is 2. The highest BCUT2D eigenvalue weighted by Gasteiger charge is 2.40. The zero-order valence-electron chi connectivity index (χ0n) is 23.5. The molecule has 2 N–H and O–H groups in total. The van der Waals surface area contributed by atoms with E-state index >= 15 is 0 Å². The van der Waals surface area contributed by atoms with Crippen molar-refractivity contribution >= 4 is 20.7 Å². The van der Waals surface area contributed by atoms with Crippen molar-refractivity contribution in [1.82, 2.24) is 10.5 Å². The summed E-state index contributed by atoms with van der Waals surface area (Å²) in [5.41, 5.74) is 13.7. The van der Waals surface area contributed by atoms with E-state index in [1.807, 2.05) is 7.05 Å². The molecule has 1 aliphatic heterocycles. The summed E-state index contributed by atoms with van der Waals surface area (Å²) < 4.78 is 5.07. The summed E-state index contributed by atoms with van der Waals surface area (Å²) in [5.74, 6) is 1.65. The molecule has 0 fully saturated rings. The van der Waals surface area contributed by atoms with Crippen molar-refractivity contribution in [3.8, 4) is 0 Å². The summed E-state index contributed by atoms with van der Waals surface area (Å²) in [6.45, 7) is 25.1. The minimum Gasteiger partial charge on any atom is -0.339 e. The number of allylic oxidation sites excluding steroid dienone is 2. The number of para-hydroxylation sites is 2. The number of nitrogens with one attached hydrogen (secondary N) is 2. The van der Waals surface area contributed by atoms with E-state index < -0.39 is 9.28 Å². The second-order valence-corrected chi connectivity index (χ2v) is 12.6. The van der Waals surface area contributed by atoms with Gasteiger partial charge < -0.3 is 9.13 Å².